The van der Waals surface area contributed by atoms with Gasteiger partial charge in [0, 0.05) is 5.69 Å². The van der Waals surface area contributed by atoms with E-state index >= 15 is 0 Å². The van der Waals surface area contributed by atoms with Gasteiger partial charge in [-0.1, -0.05) is 18.2 Å². The molecule has 0 fully saturated rings. The number of alkyl halides is 3. The van der Waals surface area contributed by atoms with Crippen LogP contribution < -0.4 is 15.4 Å². The van der Waals surface area contributed by atoms with E-state index in [9.17, 15) is 22.8 Å². The minimum atomic E-state index is -4.43. The standard InChI is InChI=1S/C19H19F3N2O3/c1-12-4-3-5-13(2)18(12)24-16(25)10-23-17(26)11-27-15-8-6-14(7-9-15)19(20,21)22/h3-9H,10-11H2,1-2H3,(H,23,26)(H,24,25). The molecule has 0 unspecified atom stereocenters. The lowest BCUT2D eigenvalue weighted by atomic mass is 10.1. The molecule has 2 rings (SSSR count). The van der Waals surface area contributed by atoms with Crippen molar-refractivity contribution in [1.82, 2.24) is 5.32 Å². The second-order valence-electron chi connectivity index (χ2n) is 5.90. The lowest BCUT2D eigenvalue weighted by Crippen LogP contribution is -2.36. The van der Waals surface area contributed by atoms with Crippen molar-refractivity contribution in [3.63, 3.8) is 0 Å². The third kappa shape index (κ3) is 6.02. The highest BCUT2D eigenvalue weighted by Crippen LogP contribution is 2.30. The third-order valence-corrected chi connectivity index (χ3v) is 3.74. The van der Waals surface area contributed by atoms with Gasteiger partial charge in [0.15, 0.2) is 6.61 Å². The number of hydrogen-bond acceptors (Lipinski definition) is 3. The topological polar surface area (TPSA) is 67.4 Å². The average molecular weight is 380 g/mol. The van der Waals surface area contributed by atoms with Gasteiger partial charge in [0.1, 0.15) is 5.75 Å². The molecule has 2 aromatic carbocycles. The van der Waals surface area contributed by atoms with Gasteiger partial charge in [-0.05, 0) is 49.2 Å². The van der Waals surface area contributed by atoms with Gasteiger partial charge in [0.05, 0.1) is 12.1 Å². The number of benzene rings is 2. The Morgan fingerprint density at radius 2 is 1.56 bits per heavy atom. The molecule has 0 aliphatic heterocycles. The molecule has 5 nitrogen and oxygen atoms in total. The van der Waals surface area contributed by atoms with Crippen LogP contribution in [-0.2, 0) is 15.8 Å². The average Bonchev–Trinajstić information content (AvgIpc) is 2.61. The minimum Gasteiger partial charge on any atom is -0.484 e. The monoisotopic (exact) mass is 380 g/mol. The van der Waals surface area contributed by atoms with Gasteiger partial charge in [-0.2, -0.15) is 13.2 Å². The zero-order valence-corrected chi connectivity index (χ0v) is 14.8. The number of carbonyl (C=O) groups excluding carboxylic acids is 2. The molecule has 0 aliphatic rings. The van der Waals surface area contributed by atoms with Gasteiger partial charge in [0.25, 0.3) is 5.91 Å². The van der Waals surface area contributed by atoms with Crippen LogP contribution in [0, 0.1) is 13.8 Å². The number of para-hydroxylation sites is 1. The summed E-state index contributed by atoms with van der Waals surface area (Å²) in [5.74, 6) is -0.833. The molecule has 2 N–H and O–H groups in total. The Labute approximate surface area is 154 Å². The van der Waals surface area contributed by atoms with Gasteiger partial charge in [-0.25, -0.2) is 0 Å². The van der Waals surface area contributed by atoms with E-state index in [1.165, 1.54) is 0 Å². The number of carbonyl (C=O) groups is 2. The molecule has 144 valence electrons. The number of amides is 2. The Bertz CT molecular complexity index is 798. The number of ether oxygens (including phenoxy) is 1. The first-order valence-electron chi connectivity index (χ1n) is 8.09. The molecule has 0 heterocycles. The molecule has 0 saturated carbocycles. The molecule has 8 heteroatoms. The summed E-state index contributed by atoms with van der Waals surface area (Å²) in [5, 5.41) is 5.12. The van der Waals surface area contributed by atoms with E-state index in [4.69, 9.17) is 4.74 Å². The van der Waals surface area contributed by atoms with Crippen molar-refractivity contribution in [3.05, 3.63) is 59.2 Å². The quantitative estimate of drug-likeness (QED) is 0.807. The normalized spacial score (nSPS) is 11.0. The second kappa shape index (κ2) is 8.57. The number of anilines is 1. The van der Waals surface area contributed by atoms with E-state index in [1.807, 2.05) is 32.0 Å². The molecular formula is C19H19F3N2O3. The Hall–Kier alpha value is -3.03. The highest BCUT2D eigenvalue weighted by atomic mass is 19.4. The van der Waals surface area contributed by atoms with Gasteiger partial charge < -0.3 is 15.4 Å². The molecular weight excluding hydrogens is 361 g/mol. The van der Waals surface area contributed by atoms with Crippen molar-refractivity contribution in [2.75, 3.05) is 18.5 Å². The highest BCUT2D eigenvalue weighted by molar-refractivity contribution is 5.95. The second-order valence-corrected chi connectivity index (χ2v) is 5.90. The first kappa shape index (κ1) is 20.3. The van der Waals surface area contributed by atoms with E-state index < -0.39 is 30.2 Å². The first-order valence-corrected chi connectivity index (χ1v) is 8.09. The summed E-state index contributed by atoms with van der Waals surface area (Å²) in [6.07, 6.45) is -4.43. The molecule has 2 amide bonds. The van der Waals surface area contributed by atoms with Crippen LogP contribution in [0.4, 0.5) is 18.9 Å². The fraction of sp³-hybridized carbons (Fsp3) is 0.263. The van der Waals surface area contributed by atoms with Crippen molar-refractivity contribution in [3.8, 4) is 5.75 Å². The van der Waals surface area contributed by atoms with E-state index in [0.717, 1.165) is 35.4 Å². The predicted molar refractivity (Wildman–Crippen MR) is 94.5 cm³/mol. The Kier molecular flexibility index (Phi) is 6.44. The molecule has 0 aliphatic carbocycles. The van der Waals surface area contributed by atoms with E-state index in [-0.39, 0.29) is 12.3 Å². The summed E-state index contributed by atoms with van der Waals surface area (Å²) >= 11 is 0. The molecule has 0 radical (unpaired) electrons. The highest BCUT2D eigenvalue weighted by Gasteiger charge is 2.30. The van der Waals surface area contributed by atoms with Crippen LogP contribution in [0.1, 0.15) is 16.7 Å². The number of rotatable bonds is 6. The molecule has 0 spiro atoms. The van der Waals surface area contributed by atoms with Crippen LogP contribution in [-0.4, -0.2) is 25.0 Å². The zero-order valence-electron chi connectivity index (χ0n) is 14.8. The van der Waals surface area contributed by atoms with Crippen molar-refractivity contribution in [2.24, 2.45) is 0 Å². The summed E-state index contributed by atoms with van der Waals surface area (Å²) in [5.41, 5.74) is 1.70. The number of nitrogens with one attached hydrogen (secondary N) is 2. The zero-order chi connectivity index (χ0) is 20.0. The maximum absolute atomic E-state index is 12.5. The first-order chi connectivity index (χ1) is 12.7. The van der Waals surface area contributed by atoms with Gasteiger partial charge >= 0.3 is 6.18 Å². The van der Waals surface area contributed by atoms with Gasteiger partial charge in [-0.3, -0.25) is 9.59 Å². The van der Waals surface area contributed by atoms with Crippen molar-refractivity contribution in [1.29, 1.82) is 0 Å². The van der Waals surface area contributed by atoms with Crippen molar-refractivity contribution in [2.45, 2.75) is 20.0 Å². The predicted octanol–water partition coefficient (Wildman–Crippen LogP) is 3.46. The van der Waals surface area contributed by atoms with Crippen LogP contribution in [0.2, 0.25) is 0 Å². The Morgan fingerprint density at radius 3 is 2.11 bits per heavy atom. The number of aryl methyl sites for hydroxylation is 2. The summed E-state index contributed by atoms with van der Waals surface area (Å²) in [4.78, 5) is 23.7. The number of hydrogen-bond donors (Lipinski definition) is 2. The maximum atomic E-state index is 12.5. The lowest BCUT2D eigenvalue weighted by molar-refractivity contribution is -0.137. The van der Waals surface area contributed by atoms with E-state index in [0.29, 0.717) is 5.69 Å². The Balaban J connectivity index is 1.78. The van der Waals surface area contributed by atoms with E-state index in [1.54, 1.807) is 0 Å². The van der Waals surface area contributed by atoms with Crippen LogP contribution in [0.5, 0.6) is 5.75 Å². The van der Waals surface area contributed by atoms with Crippen LogP contribution >= 0.6 is 0 Å². The van der Waals surface area contributed by atoms with Crippen molar-refractivity contribution >= 4 is 17.5 Å². The van der Waals surface area contributed by atoms with E-state index in [2.05, 4.69) is 10.6 Å². The van der Waals surface area contributed by atoms with Gasteiger partial charge in [0.2, 0.25) is 5.91 Å². The fourth-order valence-electron chi connectivity index (χ4n) is 2.31. The van der Waals surface area contributed by atoms with Gasteiger partial charge in [-0.15, -0.1) is 0 Å². The van der Waals surface area contributed by atoms with Crippen LogP contribution in [0.15, 0.2) is 42.5 Å². The third-order valence-electron chi connectivity index (χ3n) is 3.74. The molecule has 0 saturated heterocycles. The van der Waals surface area contributed by atoms with Crippen LogP contribution in [0.3, 0.4) is 0 Å². The molecule has 0 atom stereocenters. The van der Waals surface area contributed by atoms with Crippen LogP contribution in [0.25, 0.3) is 0 Å². The molecule has 0 aromatic heterocycles. The fourth-order valence-corrected chi connectivity index (χ4v) is 2.31. The summed E-state index contributed by atoms with van der Waals surface area (Å²) in [6, 6.07) is 9.59. The summed E-state index contributed by atoms with van der Waals surface area (Å²) < 4.78 is 42.5. The minimum absolute atomic E-state index is 0.123. The molecule has 2 aromatic rings. The largest absolute Gasteiger partial charge is 0.484 e. The SMILES string of the molecule is Cc1cccc(C)c1NC(=O)CNC(=O)COc1ccc(C(F)(F)F)cc1. The molecule has 0 bridgehead atoms. The lowest BCUT2D eigenvalue weighted by Gasteiger charge is -2.12. The molecule has 27 heavy (non-hydrogen) atoms. The van der Waals surface area contributed by atoms with Crippen molar-refractivity contribution < 1.29 is 27.5 Å². The maximum Gasteiger partial charge on any atom is 0.416 e. The summed E-state index contributed by atoms with van der Waals surface area (Å²) in [6.45, 7) is 3.06. The summed E-state index contributed by atoms with van der Waals surface area (Å²) in [7, 11) is 0. The smallest absolute Gasteiger partial charge is 0.416 e. The Morgan fingerprint density at radius 1 is 0.963 bits per heavy atom. The number of halogens is 3.